The van der Waals surface area contributed by atoms with Crippen LogP contribution in [-0.2, 0) is 0 Å². The van der Waals surface area contributed by atoms with Gasteiger partial charge < -0.3 is 33.2 Å². The maximum absolute atomic E-state index is 12.5. The third-order valence-electron chi connectivity index (χ3n) is 8.90. The number of aromatic nitrogens is 6. The van der Waals surface area contributed by atoms with Crippen molar-refractivity contribution in [2.24, 2.45) is 5.41 Å². The summed E-state index contributed by atoms with van der Waals surface area (Å²) >= 11 is 7.13. The minimum atomic E-state index is -0.274. The fourth-order valence-electron chi connectivity index (χ4n) is 5.76. The second kappa shape index (κ2) is 20.4. The molecule has 9 aromatic heterocycles. The third kappa shape index (κ3) is 11.3. The number of halogens is 1. The SMILES string of the molecule is C#Cc1cnc2sc(C(=O)Nc3ccncc3)c(N)c2c1.CC(C)(C)C#Cc1cnc2sc(C(=O)Nc3ccncc3)c(N)c2c1.Nc1c(C(=O)Nc2ccncc2)sc2ncc(Br)cc12. The number of carbonyl (C=O) groups is 3. The summed E-state index contributed by atoms with van der Waals surface area (Å²) in [6.07, 6.45) is 20.0. The Bertz CT molecular complexity index is 3350. The van der Waals surface area contributed by atoms with Gasteiger partial charge in [-0.05, 0) is 91.3 Å². The van der Waals surface area contributed by atoms with Gasteiger partial charge in [-0.1, -0.05) is 17.8 Å². The molecule has 15 nitrogen and oxygen atoms in total. The first-order chi connectivity index (χ1) is 31.7. The Labute approximate surface area is 398 Å². The van der Waals surface area contributed by atoms with Crippen LogP contribution in [0, 0.1) is 29.6 Å². The van der Waals surface area contributed by atoms with E-state index in [-0.39, 0.29) is 23.1 Å². The molecule has 9 aromatic rings. The minimum absolute atomic E-state index is 0.0925. The molecular formula is C47H37BrN12O3S3. The van der Waals surface area contributed by atoms with Gasteiger partial charge in [0.25, 0.3) is 17.7 Å². The van der Waals surface area contributed by atoms with Crippen LogP contribution >= 0.6 is 49.9 Å². The molecule has 0 radical (unpaired) electrons. The number of anilines is 6. The molecule has 66 heavy (non-hydrogen) atoms. The van der Waals surface area contributed by atoms with Crippen molar-refractivity contribution in [3.63, 3.8) is 0 Å². The van der Waals surface area contributed by atoms with Crippen molar-refractivity contribution in [1.82, 2.24) is 29.9 Å². The van der Waals surface area contributed by atoms with E-state index in [0.717, 1.165) is 30.5 Å². The topological polar surface area (TPSA) is 243 Å². The number of amides is 3. The number of hydrogen-bond acceptors (Lipinski definition) is 15. The fourth-order valence-corrected chi connectivity index (χ4v) is 8.91. The summed E-state index contributed by atoms with van der Waals surface area (Å²) < 4.78 is 0.829. The zero-order chi connectivity index (χ0) is 47.0. The molecule has 19 heteroatoms. The quantitative estimate of drug-likeness (QED) is 0.0853. The lowest BCUT2D eigenvalue weighted by Crippen LogP contribution is -2.11. The normalized spacial score (nSPS) is 10.7. The molecule has 0 fully saturated rings. The Kier molecular flexibility index (Phi) is 14.2. The van der Waals surface area contributed by atoms with Gasteiger partial charge in [-0.25, -0.2) is 15.0 Å². The standard InChI is InChI=1S/C19H18N4OS.C15H10N4OS.C13H9BrN4OS/c1-19(2,3)7-4-12-10-14-15(20)16(25-18(14)22-11-12)17(24)23-13-5-8-21-9-6-13;1-2-9-7-11-12(16)13(21-15(11)18-8-9)14(20)19-10-3-5-17-6-4-10;14-7-5-9-10(15)11(20-13(9)17-6-7)12(19)18-8-1-3-16-4-2-8/h5-6,8-11H,20H2,1-3H3,(H,21,23,24);1,3-8H,16H2,(H,17,19,20);1-6H,15H2,(H,16,18,19). The highest BCUT2D eigenvalue weighted by Gasteiger charge is 2.20. The molecule has 0 aliphatic rings. The maximum Gasteiger partial charge on any atom is 0.267 e. The van der Waals surface area contributed by atoms with E-state index in [1.807, 2.05) is 32.9 Å². The molecule has 9 heterocycles. The second-order valence-corrected chi connectivity index (χ2v) is 18.8. The number of nitrogens with zero attached hydrogens (tertiary/aromatic N) is 6. The van der Waals surface area contributed by atoms with Gasteiger partial charge in [0.1, 0.15) is 29.1 Å². The van der Waals surface area contributed by atoms with Crippen molar-refractivity contribution in [1.29, 1.82) is 0 Å². The number of nitrogen functional groups attached to an aromatic ring is 3. The Morgan fingerprint density at radius 3 is 1.30 bits per heavy atom. The average molecular weight is 994 g/mol. The molecule has 0 saturated heterocycles. The molecule has 0 bridgehead atoms. The lowest BCUT2D eigenvalue weighted by atomic mass is 9.97. The van der Waals surface area contributed by atoms with E-state index >= 15 is 0 Å². The van der Waals surface area contributed by atoms with Gasteiger partial charge >= 0.3 is 0 Å². The number of rotatable bonds is 6. The maximum atomic E-state index is 12.5. The van der Waals surface area contributed by atoms with Gasteiger partial charge in [-0.15, -0.1) is 40.4 Å². The second-order valence-electron chi connectivity index (χ2n) is 14.9. The largest absolute Gasteiger partial charge is 0.397 e. The molecule has 0 aliphatic heterocycles. The van der Waals surface area contributed by atoms with Gasteiger partial charge in [0.05, 0.1) is 17.1 Å². The molecule has 0 saturated carbocycles. The van der Waals surface area contributed by atoms with E-state index in [0.29, 0.717) is 64.5 Å². The number of carbonyl (C=O) groups excluding carboxylic acids is 3. The van der Waals surface area contributed by atoms with E-state index in [4.69, 9.17) is 23.6 Å². The Morgan fingerprint density at radius 1 is 0.576 bits per heavy atom. The van der Waals surface area contributed by atoms with Gasteiger partial charge in [0.2, 0.25) is 0 Å². The van der Waals surface area contributed by atoms with Crippen LogP contribution in [0.4, 0.5) is 34.1 Å². The average Bonchev–Trinajstić information content (AvgIpc) is 3.95. The number of fused-ring (bicyclic) bond motifs is 3. The molecule has 0 aliphatic carbocycles. The molecule has 0 spiro atoms. The van der Waals surface area contributed by atoms with Crippen molar-refractivity contribution in [3.8, 4) is 24.2 Å². The molecule has 3 amide bonds. The summed E-state index contributed by atoms with van der Waals surface area (Å²) in [5.74, 6) is 8.01. The van der Waals surface area contributed by atoms with E-state index in [9.17, 15) is 14.4 Å². The van der Waals surface area contributed by atoms with Crippen LogP contribution in [-0.4, -0.2) is 47.6 Å². The van der Waals surface area contributed by atoms with Crippen molar-refractivity contribution >= 4 is 132 Å². The highest BCUT2D eigenvalue weighted by Crippen LogP contribution is 2.36. The molecule has 0 aromatic carbocycles. The van der Waals surface area contributed by atoms with Crippen LogP contribution in [0.2, 0.25) is 0 Å². The van der Waals surface area contributed by atoms with Gasteiger partial charge in [0.15, 0.2) is 0 Å². The summed E-state index contributed by atoms with van der Waals surface area (Å²) in [6, 6.07) is 15.8. The zero-order valence-corrected chi connectivity index (χ0v) is 39.2. The fraction of sp³-hybridized carbons (Fsp3) is 0.0851. The molecule has 328 valence electrons. The lowest BCUT2D eigenvalue weighted by molar-refractivity contribution is 0.102. The summed E-state index contributed by atoms with van der Waals surface area (Å²) in [7, 11) is 0. The predicted molar refractivity (Wildman–Crippen MR) is 271 cm³/mol. The molecule has 9 rings (SSSR count). The Morgan fingerprint density at radius 2 is 0.924 bits per heavy atom. The van der Waals surface area contributed by atoms with E-state index in [1.54, 1.807) is 98.2 Å². The van der Waals surface area contributed by atoms with E-state index < -0.39 is 0 Å². The van der Waals surface area contributed by atoms with Crippen molar-refractivity contribution in [2.75, 3.05) is 33.2 Å². The van der Waals surface area contributed by atoms with Crippen LogP contribution in [0.5, 0.6) is 0 Å². The first-order valence-corrected chi connectivity index (χ1v) is 22.7. The van der Waals surface area contributed by atoms with Crippen LogP contribution in [0.15, 0.2) is 115 Å². The number of hydrogen-bond donors (Lipinski definition) is 6. The highest BCUT2D eigenvalue weighted by atomic mass is 79.9. The lowest BCUT2D eigenvalue weighted by Gasteiger charge is -2.06. The van der Waals surface area contributed by atoms with Crippen molar-refractivity contribution in [3.05, 3.63) is 141 Å². The Hall–Kier alpha value is -7.81. The first kappa shape index (κ1) is 46.2. The number of nitrogens with one attached hydrogen (secondary N) is 3. The first-order valence-electron chi connectivity index (χ1n) is 19.5. The minimum Gasteiger partial charge on any atom is -0.397 e. The smallest absolute Gasteiger partial charge is 0.267 e. The number of thiophene rings is 3. The monoisotopic (exact) mass is 992 g/mol. The summed E-state index contributed by atoms with van der Waals surface area (Å²) in [5.41, 5.74) is 22.9. The summed E-state index contributed by atoms with van der Waals surface area (Å²) in [6.45, 7) is 6.14. The van der Waals surface area contributed by atoms with Crippen molar-refractivity contribution in [2.45, 2.75) is 20.8 Å². The molecule has 9 N–H and O–H groups in total. The van der Waals surface area contributed by atoms with E-state index in [2.05, 4.69) is 79.5 Å². The molecule has 0 unspecified atom stereocenters. The Balaban J connectivity index is 0.000000148. The van der Waals surface area contributed by atoms with Gasteiger partial charge in [-0.2, -0.15) is 0 Å². The van der Waals surface area contributed by atoms with Crippen LogP contribution in [0.25, 0.3) is 30.6 Å². The van der Waals surface area contributed by atoms with E-state index in [1.165, 1.54) is 34.0 Å². The molecule has 0 atom stereocenters. The van der Waals surface area contributed by atoms with Gasteiger partial charge in [0, 0.05) is 110 Å². The third-order valence-corrected chi connectivity index (χ3v) is 12.7. The molecular weight excluding hydrogens is 957 g/mol. The summed E-state index contributed by atoms with van der Waals surface area (Å²) in [4.78, 5) is 65.1. The zero-order valence-electron chi connectivity index (χ0n) is 35.2. The van der Waals surface area contributed by atoms with Gasteiger partial charge in [-0.3, -0.25) is 29.3 Å². The number of pyridine rings is 6. The van der Waals surface area contributed by atoms with Crippen LogP contribution in [0.3, 0.4) is 0 Å². The van der Waals surface area contributed by atoms with Crippen LogP contribution < -0.4 is 33.2 Å². The summed E-state index contributed by atoms with van der Waals surface area (Å²) in [5, 5.41) is 10.6. The highest BCUT2D eigenvalue weighted by molar-refractivity contribution is 9.10. The number of nitrogens with two attached hydrogens (primary N) is 3. The predicted octanol–water partition coefficient (Wildman–Crippen LogP) is 9.72. The van der Waals surface area contributed by atoms with Crippen molar-refractivity contribution < 1.29 is 14.4 Å². The van der Waals surface area contributed by atoms with Crippen LogP contribution in [0.1, 0.15) is 60.9 Å². The number of terminal acetylenes is 1.